The van der Waals surface area contributed by atoms with Gasteiger partial charge < -0.3 is 4.90 Å². The molecule has 0 amide bonds. The van der Waals surface area contributed by atoms with Crippen LogP contribution in [0.1, 0.15) is 21.6 Å². The summed E-state index contributed by atoms with van der Waals surface area (Å²) in [5.41, 5.74) is 3.95. The highest BCUT2D eigenvalue weighted by atomic mass is 16.1. The Morgan fingerprint density at radius 1 is 1.28 bits per heavy atom. The molecule has 0 unspecified atom stereocenters. The minimum Gasteiger partial charge on any atom is -0.368 e. The molecule has 0 bridgehead atoms. The SMILES string of the molecule is Cc1cc(C=O)ccc1N(C)Cc1ccccn1. The average molecular weight is 240 g/mol. The van der Waals surface area contributed by atoms with Gasteiger partial charge in [-0.3, -0.25) is 9.78 Å². The number of carbonyl (C=O) groups is 1. The van der Waals surface area contributed by atoms with Crippen LogP contribution in [-0.4, -0.2) is 18.3 Å². The second-order valence-corrected chi connectivity index (χ2v) is 4.34. The third-order valence-corrected chi connectivity index (χ3v) is 2.89. The van der Waals surface area contributed by atoms with Crippen LogP contribution in [0.2, 0.25) is 0 Å². The Balaban J connectivity index is 2.19. The van der Waals surface area contributed by atoms with Crippen LogP contribution in [0.4, 0.5) is 5.69 Å². The van der Waals surface area contributed by atoms with Crippen LogP contribution in [-0.2, 0) is 6.54 Å². The van der Waals surface area contributed by atoms with Crippen LogP contribution in [0.15, 0.2) is 42.6 Å². The van der Waals surface area contributed by atoms with Gasteiger partial charge in [0.2, 0.25) is 0 Å². The summed E-state index contributed by atoms with van der Waals surface area (Å²) < 4.78 is 0. The summed E-state index contributed by atoms with van der Waals surface area (Å²) in [7, 11) is 2.03. The van der Waals surface area contributed by atoms with E-state index in [0.717, 1.165) is 29.8 Å². The maximum Gasteiger partial charge on any atom is 0.150 e. The lowest BCUT2D eigenvalue weighted by molar-refractivity contribution is 0.112. The van der Waals surface area contributed by atoms with Crippen molar-refractivity contribution in [1.82, 2.24) is 4.98 Å². The Hall–Kier alpha value is -2.16. The lowest BCUT2D eigenvalue weighted by atomic mass is 10.1. The van der Waals surface area contributed by atoms with Gasteiger partial charge in [-0.15, -0.1) is 0 Å². The second-order valence-electron chi connectivity index (χ2n) is 4.34. The molecule has 0 fully saturated rings. The number of hydrogen-bond acceptors (Lipinski definition) is 3. The highest BCUT2D eigenvalue weighted by Gasteiger charge is 2.06. The number of carbonyl (C=O) groups excluding carboxylic acids is 1. The summed E-state index contributed by atoms with van der Waals surface area (Å²) in [6.45, 7) is 2.76. The van der Waals surface area contributed by atoms with E-state index in [4.69, 9.17) is 0 Å². The molecule has 0 atom stereocenters. The van der Waals surface area contributed by atoms with Crippen molar-refractivity contribution >= 4 is 12.0 Å². The van der Waals surface area contributed by atoms with Crippen LogP contribution in [0.5, 0.6) is 0 Å². The number of hydrogen-bond donors (Lipinski definition) is 0. The van der Waals surface area contributed by atoms with Crippen LogP contribution in [0.3, 0.4) is 0 Å². The molecule has 92 valence electrons. The van der Waals surface area contributed by atoms with Crippen molar-refractivity contribution in [1.29, 1.82) is 0 Å². The average Bonchev–Trinajstić information content (AvgIpc) is 2.39. The van der Waals surface area contributed by atoms with Gasteiger partial charge in [0.05, 0.1) is 12.2 Å². The maximum atomic E-state index is 10.7. The molecule has 3 heteroatoms. The van der Waals surface area contributed by atoms with Crippen molar-refractivity contribution in [2.75, 3.05) is 11.9 Å². The Kier molecular flexibility index (Phi) is 3.72. The maximum absolute atomic E-state index is 10.7. The Morgan fingerprint density at radius 2 is 2.11 bits per heavy atom. The Bertz CT molecular complexity index is 537. The first-order valence-electron chi connectivity index (χ1n) is 5.87. The summed E-state index contributed by atoms with van der Waals surface area (Å²) in [6.07, 6.45) is 2.67. The predicted molar refractivity (Wildman–Crippen MR) is 72.9 cm³/mol. The van der Waals surface area contributed by atoms with Crippen LogP contribution >= 0.6 is 0 Å². The summed E-state index contributed by atoms with van der Waals surface area (Å²) >= 11 is 0. The van der Waals surface area contributed by atoms with Gasteiger partial charge >= 0.3 is 0 Å². The fourth-order valence-corrected chi connectivity index (χ4v) is 2.00. The fraction of sp³-hybridized carbons (Fsp3) is 0.200. The minimum absolute atomic E-state index is 0.711. The van der Waals surface area contributed by atoms with Crippen LogP contribution < -0.4 is 4.90 Å². The van der Waals surface area contributed by atoms with Gasteiger partial charge in [-0.2, -0.15) is 0 Å². The van der Waals surface area contributed by atoms with Crippen molar-refractivity contribution in [2.24, 2.45) is 0 Å². The molecule has 0 spiro atoms. The van der Waals surface area contributed by atoms with Gasteiger partial charge in [-0.25, -0.2) is 0 Å². The van der Waals surface area contributed by atoms with Crippen molar-refractivity contribution in [3.05, 3.63) is 59.4 Å². The van der Waals surface area contributed by atoms with Crippen molar-refractivity contribution in [3.63, 3.8) is 0 Å². The number of benzene rings is 1. The first kappa shape index (κ1) is 12.3. The number of pyridine rings is 1. The standard InChI is InChI=1S/C15H16N2O/c1-12-9-13(11-18)6-7-15(12)17(2)10-14-5-3-4-8-16-14/h3-9,11H,10H2,1-2H3. The smallest absolute Gasteiger partial charge is 0.150 e. The number of aromatic nitrogens is 1. The van der Waals surface area contributed by atoms with E-state index in [-0.39, 0.29) is 0 Å². The number of anilines is 1. The highest BCUT2D eigenvalue weighted by molar-refractivity contribution is 5.76. The zero-order valence-electron chi connectivity index (χ0n) is 10.6. The molecule has 0 aliphatic heterocycles. The zero-order valence-corrected chi connectivity index (χ0v) is 10.6. The molecule has 0 aliphatic carbocycles. The van der Waals surface area contributed by atoms with Gasteiger partial charge in [0.25, 0.3) is 0 Å². The van der Waals surface area contributed by atoms with E-state index in [9.17, 15) is 4.79 Å². The lowest BCUT2D eigenvalue weighted by Gasteiger charge is -2.21. The fourth-order valence-electron chi connectivity index (χ4n) is 2.00. The van der Waals surface area contributed by atoms with Crippen LogP contribution in [0.25, 0.3) is 0 Å². The molecule has 2 rings (SSSR count). The first-order valence-corrected chi connectivity index (χ1v) is 5.87. The largest absolute Gasteiger partial charge is 0.368 e. The molecule has 1 aromatic carbocycles. The molecule has 18 heavy (non-hydrogen) atoms. The summed E-state index contributed by atoms with van der Waals surface area (Å²) in [6, 6.07) is 11.6. The number of aryl methyl sites for hydroxylation is 1. The summed E-state index contributed by atoms with van der Waals surface area (Å²) in [4.78, 5) is 17.1. The number of nitrogens with zero attached hydrogens (tertiary/aromatic N) is 2. The summed E-state index contributed by atoms with van der Waals surface area (Å²) in [5, 5.41) is 0. The van der Waals surface area contributed by atoms with Gasteiger partial charge in [-0.1, -0.05) is 6.07 Å². The molecule has 3 nitrogen and oxygen atoms in total. The molecule has 0 saturated carbocycles. The Labute approximate surface area is 107 Å². The van der Waals surface area contributed by atoms with E-state index < -0.39 is 0 Å². The molecule has 0 N–H and O–H groups in total. The minimum atomic E-state index is 0.711. The topological polar surface area (TPSA) is 33.2 Å². The van der Waals surface area contributed by atoms with E-state index in [1.165, 1.54) is 0 Å². The molecular weight excluding hydrogens is 224 g/mol. The van der Waals surface area contributed by atoms with E-state index in [2.05, 4.69) is 9.88 Å². The third-order valence-electron chi connectivity index (χ3n) is 2.89. The van der Waals surface area contributed by atoms with E-state index in [0.29, 0.717) is 5.56 Å². The molecule has 1 heterocycles. The van der Waals surface area contributed by atoms with Crippen molar-refractivity contribution in [3.8, 4) is 0 Å². The van der Waals surface area contributed by atoms with Gasteiger partial charge in [0, 0.05) is 24.5 Å². The number of aldehydes is 1. The monoisotopic (exact) mass is 240 g/mol. The molecular formula is C15H16N2O. The molecule has 1 aromatic heterocycles. The Morgan fingerprint density at radius 3 is 2.72 bits per heavy atom. The highest BCUT2D eigenvalue weighted by Crippen LogP contribution is 2.20. The third kappa shape index (κ3) is 2.74. The van der Waals surface area contributed by atoms with Crippen LogP contribution in [0, 0.1) is 6.92 Å². The quantitative estimate of drug-likeness (QED) is 0.770. The second kappa shape index (κ2) is 5.45. The van der Waals surface area contributed by atoms with E-state index in [1.54, 1.807) is 6.20 Å². The predicted octanol–water partition coefficient (Wildman–Crippen LogP) is 2.84. The molecule has 0 saturated heterocycles. The summed E-state index contributed by atoms with van der Waals surface area (Å²) in [5.74, 6) is 0. The zero-order chi connectivity index (χ0) is 13.0. The van der Waals surface area contributed by atoms with Crippen molar-refractivity contribution < 1.29 is 4.79 Å². The van der Waals surface area contributed by atoms with E-state index >= 15 is 0 Å². The molecule has 2 aromatic rings. The van der Waals surface area contributed by atoms with Gasteiger partial charge in [0.15, 0.2) is 0 Å². The lowest BCUT2D eigenvalue weighted by Crippen LogP contribution is -2.18. The molecule has 0 radical (unpaired) electrons. The van der Waals surface area contributed by atoms with Gasteiger partial charge in [-0.05, 0) is 42.8 Å². The molecule has 0 aliphatic rings. The van der Waals surface area contributed by atoms with Gasteiger partial charge in [0.1, 0.15) is 6.29 Å². The first-order chi connectivity index (χ1) is 8.70. The van der Waals surface area contributed by atoms with E-state index in [1.807, 2.05) is 50.4 Å². The van der Waals surface area contributed by atoms with Crippen molar-refractivity contribution in [2.45, 2.75) is 13.5 Å². The normalized spacial score (nSPS) is 10.1. The number of rotatable bonds is 4.